The van der Waals surface area contributed by atoms with E-state index in [0.717, 1.165) is 64.2 Å². The van der Waals surface area contributed by atoms with Crippen LogP contribution in [-0.4, -0.2) is 41.0 Å². The van der Waals surface area contributed by atoms with Gasteiger partial charge in [0, 0.05) is 12.8 Å². The van der Waals surface area contributed by atoms with Gasteiger partial charge in [0.05, 0.1) is 6.61 Å². The molecule has 0 spiro atoms. The van der Waals surface area contributed by atoms with Gasteiger partial charge < -0.3 is 19.3 Å². The van der Waals surface area contributed by atoms with Gasteiger partial charge in [-0.1, -0.05) is 134 Å². The Morgan fingerprint density at radius 2 is 0.894 bits per heavy atom. The average Bonchev–Trinajstić information content (AvgIpc) is 3.03. The van der Waals surface area contributed by atoms with Crippen LogP contribution in [-0.2, 0) is 28.2 Å². The molecule has 0 aromatic carbocycles. The molecule has 0 aliphatic rings. The molecule has 0 aromatic rings. The van der Waals surface area contributed by atoms with Crippen LogP contribution in [0.2, 0.25) is 0 Å². The number of esters is 2. The molecule has 2 N–H and O–H groups in total. The number of hydrogen-bond donors (Lipinski definition) is 2. The summed E-state index contributed by atoms with van der Waals surface area (Å²) in [6.45, 7) is 3.65. The van der Waals surface area contributed by atoms with Gasteiger partial charge in [-0.15, -0.1) is 0 Å². The predicted octanol–water partition coefficient (Wildman–Crippen LogP) is 11.2. The van der Waals surface area contributed by atoms with Crippen molar-refractivity contribution >= 4 is 19.8 Å². The van der Waals surface area contributed by atoms with Crippen molar-refractivity contribution in [2.75, 3.05) is 13.2 Å². The minimum absolute atomic E-state index is 0.202. The van der Waals surface area contributed by atoms with Crippen LogP contribution in [0.1, 0.15) is 187 Å². The van der Waals surface area contributed by atoms with Crippen molar-refractivity contribution in [1.29, 1.82) is 0 Å². The highest BCUT2D eigenvalue weighted by molar-refractivity contribution is 7.46. The minimum Gasteiger partial charge on any atom is -0.462 e. The Morgan fingerprint density at radius 1 is 0.532 bits per heavy atom. The van der Waals surface area contributed by atoms with Crippen LogP contribution in [0.3, 0.4) is 0 Å². The van der Waals surface area contributed by atoms with E-state index < -0.39 is 32.5 Å². The smallest absolute Gasteiger partial charge is 0.462 e. The predicted molar refractivity (Wildman–Crippen MR) is 193 cm³/mol. The Morgan fingerprint density at radius 3 is 1.30 bits per heavy atom. The molecule has 0 rings (SSSR count). The van der Waals surface area contributed by atoms with E-state index in [1.807, 2.05) is 0 Å². The lowest BCUT2D eigenvalue weighted by Crippen LogP contribution is -2.29. The quantitative estimate of drug-likeness (QED) is 0.0292. The molecule has 9 heteroatoms. The topological polar surface area (TPSA) is 119 Å². The molecule has 276 valence electrons. The van der Waals surface area contributed by atoms with E-state index in [-0.39, 0.29) is 19.4 Å². The summed E-state index contributed by atoms with van der Waals surface area (Å²) in [4.78, 5) is 42.7. The van der Waals surface area contributed by atoms with E-state index in [1.165, 1.54) is 83.5 Å². The van der Waals surface area contributed by atoms with Crippen molar-refractivity contribution in [3.8, 4) is 0 Å². The zero-order chi connectivity index (χ0) is 34.7. The van der Waals surface area contributed by atoms with Crippen LogP contribution >= 0.6 is 7.82 Å². The Balaban J connectivity index is 3.98. The first-order valence-corrected chi connectivity index (χ1v) is 20.7. The maximum Gasteiger partial charge on any atom is 0.469 e. The molecule has 0 fully saturated rings. The SMILES string of the molecule is CCCCCCC/C=C/CCCCCCCC(=O)O[C@H](COC(=O)CCCCCCC/C=C/CCCCCCCC)COP(=O)(O)O. The highest BCUT2D eigenvalue weighted by Gasteiger charge is 2.22. The fraction of sp³-hybridized carbons (Fsp3) is 0.842. The number of rotatable bonds is 35. The van der Waals surface area contributed by atoms with Gasteiger partial charge in [0.15, 0.2) is 6.10 Å². The van der Waals surface area contributed by atoms with Gasteiger partial charge in [-0.2, -0.15) is 0 Å². The lowest BCUT2D eigenvalue weighted by Gasteiger charge is -2.18. The van der Waals surface area contributed by atoms with Gasteiger partial charge in [-0.05, 0) is 64.2 Å². The maximum atomic E-state index is 12.3. The molecule has 0 heterocycles. The molecule has 0 unspecified atom stereocenters. The van der Waals surface area contributed by atoms with E-state index in [2.05, 4.69) is 42.7 Å². The molecule has 0 aromatic heterocycles. The number of phosphoric ester groups is 1. The van der Waals surface area contributed by atoms with Gasteiger partial charge in [0.2, 0.25) is 0 Å². The second kappa shape index (κ2) is 34.4. The number of phosphoric acid groups is 1. The lowest BCUT2D eigenvalue weighted by atomic mass is 10.1. The normalized spacial score (nSPS) is 12.7. The summed E-state index contributed by atoms with van der Waals surface area (Å²) >= 11 is 0. The van der Waals surface area contributed by atoms with Crippen molar-refractivity contribution < 1.29 is 37.9 Å². The van der Waals surface area contributed by atoms with Gasteiger partial charge in [-0.25, -0.2) is 4.57 Å². The maximum absolute atomic E-state index is 12.3. The van der Waals surface area contributed by atoms with Crippen molar-refractivity contribution in [2.24, 2.45) is 0 Å². The van der Waals surface area contributed by atoms with Crippen LogP contribution in [0.5, 0.6) is 0 Å². The summed E-state index contributed by atoms with van der Waals surface area (Å²) in [5.41, 5.74) is 0. The van der Waals surface area contributed by atoms with Crippen LogP contribution < -0.4 is 0 Å². The number of hydrogen-bond acceptors (Lipinski definition) is 6. The summed E-state index contributed by atoms with van der Waals surface area (Å²) in [7, 11) is -4.75. The fourth-order valence-corrected chi connectivity index (χ4v) is 5.66. The number of carbonyl (C=O) groups is 2. The third-order valence-electron chi connectivity index (χ3n) is 8.19. The van der Waals surface area contributed by atoms with Crippen LogP contribution in [0.25, 0.3) is 0 Å². The van der Waals surface area contributed by atoms with Crippen LogP contribution in [0.4, 0.5) is 0 Å². The molecule has 1 atom stereocenters. The largest absolute Gasteiger partial charge is 0.469 e. The molecule has 0 aliphatic carbocycles. The van der Waals surface area contributed by atoms with Crippen LogP contribution in [0.15, 0.2) is 24.3 Å². The number of ether oxygens (including phenoxy) is 2. The number of carbonyl (C=O) groups excluding carboxylic acids is 2. The van der Waals surface area contributed by atoms with E-state index in [9.17, 15) is 14.2 Å². The molecule has 0 amide bonds. The molecular weight excluding hydrogens is 615 g/mol. The first kappa shape index (κ1) is 45.5. The first-order chi connectivity index (χ1) is 22.8. The zero-order valence-corrected chi connectivity index (χ0v) is 31.1. The second-order valence-electron chi connectivity index (χ2n) is 12.9. The van der Waals surface area contributed by atoms with Crippen LogP contribution in [0, 0.1) is 0 Å². The Labute approximate surface area is 288 Å². The molecule has 0 aliphatic heterocycles. The molecule has 47 heavy (non-hydrogen) atoms. The summed E-state index contributed by atoms with van der Waals surface area (Å²) in [6, 6.07) is 0. The van der Waals surface area contributed by atoms with Crippen molar-refractivity contribution in [1.82, 2.24) is 0 Å². The van der Waals surface area contributed by atoms with E-state index in [0.29, 0.717) is 12.8 Å². The first-order valence-electron chi connectivity index (χ1n) is 19.1. The summed E-state index contributed by atoms with van der Waals surface area (Å²) < 4.78 is 26.3. The van der Waals surface area contributed by atoms with Gasteiger partial charge in [0.25, 0.3) is 0 Å². The van der Waals surface area contributed by atoms with Crippen molar-refractivity contribution in [2.45, 2.75) is 193 Å². The minimum atomic E-state index is -4.75. The highest BCUT2D eigenvalue weighted by atomic mass is 31.2. The third kappa shape index (κ3) is 37.2. The van der Waals surface area contributed by atoms with Gasteiger partial charge >= 0.3 is 19.8 Å². The second-order valence-corrected chi connectivity index (χ2v) is 14.1. The van der Waals surface area contributed by atoms with Crippen molar-refractivity contribution in [3.05, 3.63) is 24.3 Å². The third-order valence-corrected chi connectivity index (χ3v) is 8.68. The lowest BCUT2D eigenvalue weighted by molar-refractivity contribution is -0.161. The summed E-state index contributed by atoms with van der Waals surface area (Å²) in [5.74, 6) is -0.902. The summed E-state index contributed by atoms with van der Waals surface area (Å²) in [6.07, 6.45) is 37.5. The molecule has 0 saturated carbocycles. The molecule has 8 nitrogen and oxygen atoms in total. The Hall–Kier alpha value is -1.47. The molecular formula is C38H71O8P. The molecule has 0 saturated heterocycles. The summed E-state index contributed by atoms with van der Waals surface area (Å²) in [5, 5.41) is 0. The number of unbranched alkanes of at least 4 members (excludes halogenated alkanes) is 21. The monoisotopic (exact) mass is 686 g/mol. The molecule has 0 bridgehead atoms. The Bertz CT molecular complexity index is 823. The standard InChI is InChI=1S/C38H71O8P/c1-3-5-7-9-11-13-15-17-19-21-22-24-26-28-30-32-37(39)44-34-36(35-45-47(41,42)43)46-38(40)33-31-29-27-25-23-20-18-16-14-12-10-8-6-4-2/h16-19,36H,3-15,20-35H2,1-2H3,(H2,41,42,43)/b18-16+,19-17+/t36-/m1/s1. The van der Waals surface area contributed by atoms with E-state index in [1.54, 1.807) is 0 Å². The van der Waals surface area contributed by atoms with E-state index >= 15 is 0 Å². The van der Waals surface area contributed by atoms with Gasteiger partial charge in [0.1, 0.15) is 6.61 Å². The van der Waals surface area contributed by atoms with Crippen molar-refractivity contribution in [3.63, 3.8) is 0 Å². The van der Waals surface area contributed by atoms with E-state index in [4.69, 9.17) is 19.3 Å². The number of allylic oxidation sites excluding steroid dienone is 4. The zero-order valence-electron chi connectivity index (χ0n) is 30.2. The molecule has 0 radical (unpaired) electrons. The fourth-order valence-electron chi connectivity index (χ4n) is 5.30. The average molecular weight is 687 g/mol. The van der Waals surface area contributed by atoms with Gasteiger partial charge in [-0.3, -0.25) is 14.1 Å². The highest BCUT2D eigenvalue weighted by Crippen LogP contribution is 2.36. The Kier molecular flexibility index (Phi) is 33.3.